The van der Waals surface area contributed by atoms with Crippen molar-refractivity contribution in [1.82, 2.24) is 0 Å². The molecule has 6 nitrogen and oxygen atoms in total. The molecule has 3 aromatic rings. The van der Waals surface area contributed by atoms with Crippen molar-refractivity contribution in [2.75, 3.05) is 15.5 Å². The van der Waals surface area contributed by atoms with Crippen LogP contribution < -0.4 is 15.5 Å². The SMILES string of the molecule is CCc1ccc(NC(=O)c2ccc(NC3=C(Cl)C(=O)N(c4cccc(Cl)c4)C3=O)cc2)cc1. The van der Waals surface area contributed by atoms with Gasteiger partial charge in [-0.3, -0.25) is 14.4 Å². The maximum absolute atomic E-state index is 12.9. The van der Waals surface area contributed by atoms with Crippen molar-refractivity contribution in [3.05, 3.63) is 99.7 Å². The van der Waals surface area contributed by atoms with E-state index in [0.717, 1.165) is 11.3 Å². The van der Waals surface area contributed by atoms with Crippen LogP contribution in [-0.4, -0.2) is 17.7 Å². The first-order chi connectivity index (χ1) is 15.9. The zero-order chi connectivity index (χ0) is 23.5. The highest BCUT2D eigenvalue weighted by molar-refractivity contribution is 6.53. The van der Waals surface area contributed by atoms with Crippen molar-refractivity contribution in [3.63, 3.8) is 0 Å². The fraction of sp³-hybridized carbons (Fsp3) is 0.0800. The van der Waals surface area contributed by atoms with Gasteiger partial charge >= 0.3 is 0 Å². The number of benzene rings is 3. The van der Waals surface area contributed by atoms with Gasteiger partial charge in [0.1, 0.15) is 10.7 Å². The average molecular weight is 480 g/mol. The molecular weight excluding hydrogens is 461 g/mol. The van der Waals surface area contributed by atoms with E-state index in [2.05, 4.69) is 17.6 Å². The summed E-state index contributed by atoms with van der Waals surface area (Å²) in [5.74, 6) is -1.50. The predicted octanol–water partition coefficient (Wildman–Crippen LogP) is 5.59. The largest absolute Gasteiger partial charge is 0.350 e. The Hall–Kier alpha value is -3.61. The van der Waals surface area contributed by atoms with Gasteiger partial charge in [0.2, 0.25) is 0 Å². The number of halogens is 2. The lowest BCUT2D eigenvalue weighted by molar-refractivity contribution is -0.120. The molecule has 0 aliphatic carbocycles. The Morgan fingerprint density at radius 1 is 0.879 bits per heavy atom. The topological polar surface area (TPSA) is 78.5 Å². The van der Waals surface area contributed by atoms with Crippen molar-refractivity contribution in [2.45, 2.75) is 13.3 Å². The third kappa shape index (κ3) is 4.77. The van der Waals surface area contributed by atoms with Crippen LogP contribution in [-0.2, 0) is 16.0 Å². The van der Waals surface area contributed by atoms with Gasteiger partial charge in [-0.25, -0.2) is 4.90 Å². The highest BCUT2D eigenvalue weighted by Gasteiger charge is 2.39. The smallest absolute Gasteiger partial charge is 0.283 e. The van der Waals surface area contributed by atoms with Gasteiger partial charge in [-0.05, 0) is 66.6 Å². The van der Waals surface area contributed by atoms with E-state index in [0.29, 0.717) is 27.6 Å². The first-order valence-electron chi connectivity index (χ1n) is 10.2. The van der Waals surface area contributed by atoms with E-state index in [-0.39, 0.29) is 16.6 Å². The number of rotatable bonds is 6. The van der Waals surface area contributed by atoms with Crippen LogP contribution >= 0.6 is 23.2 Å². The van der Waals surface area contributed by atoms with Gasteiger partial charge in [-0.2, -0.15) is 0 Å². The van der Waals surface area contributed by atoms with E-state index in [1.165, 1.54) is 11.6 Å². The maximum atomic E-state index is 12.9. The van der Waals surface area contributed by atoms with Gasteiger partial charge < -0.3 is 10.6 Å². The van der Waals surface area contributed by atoms with E-state index in [9.17, 15) is 14.4 Å². The first kappa shape index (κ1) is 22.6. The molecule has 0 spiro atoms. The lowest BCUT2D eigenvalue weighted by atomic mass is 10.1. The minimum atomic E-state index is -0.642. The highest BCUT2D eigenvalue weighted by Crippen LogP contribution is 2.31. The highest BCUT2D eigenvalue weighted by atomic mass is 35.5. The van der Waals surface area contributed by atoms with Crippen LogP contribution in [0.1, 0.15) is 22.8 Å². The molecule has 33 heavy (non-hydrogen) atoms. The quantitative estimate of drug-likeness (QED) is 0.451. The molecule has 0 bridgehead atoms. The molecule has 0 unspecified atom stereocenters. The normalized spacial score (nSPS) is 13.5. The van der Waals surface area contributed by atoms with Crippen molar-refractivity contribution < 1.29 is 14.4 Å². The first-order valence-corrected chi connectivity index (χ1v) is 10.9. The second-order valence-electron chi connectivity index (χ2n) is 7.32. The summed E-state index contributed by atoms with van der Waals surface area (Å²) in [6, 6.07) is 20.5. The summed E-state index contributed by atoms with van der Waals surface area (Å²) in [6.07, 6.45) is 0.925. The molecular formula is C25H19Cl2N3O3. The Morgan fingerprint density at radius 3 is 2.18 bits per heavy atom. The molecule has 166 valence electrons. The molecule has 4 rings (SSSR count). The summed E-state index contributed by atoms with van der Waals surface area (Å²) in [7, 11) is 0. The van der Waals surface area contributed by atoms with Crippen LogP contribution in [0.5, 0.6) is 0 Å². The van der Waals surface area contributed by atoms with Crippen LogP contribution in [0.4, 0.5) is 17.1 Å². The van der Waals surface area contributed by atoms with E-state index >= 15 is 0 Å². The molecule has 0 atom stereocenters. The van der Waals surface area contributed by atoms with Gasteiger partial charge in [0.25, 0.3) is 17.7 Å². The van der Waals surface area contributed by atoms with E-state index < -0.39 is 11.8 Å². The van der Waals surface area contributed by atoms with E-state index in [1.807, 2.05) is 24.3 Å². The van der Waals surface area contributed by atoms with Crippen molar-refractivity contribution >= 4 is 58.0 Å². The van der Waals surface area contributed by atoms with Gasteiger partial charge in [-0.1, -0.05) is 48.3 Å². The fourth-order valence-electron chi connectivity index (χ4n) is 3.34. The molecule has 2 N–H and O–H groups in total. The molecule has 3 amide bonds. The summed E-state index contributed by atoms with van der Waals surface area (Å²) in [6.45, 7) is 2.07. The standard InChI is InChI=1S/C25H19Cl2N3O3/c1-2-15-6-10-19(11-7-15)29-23(31)16-8-12-18(13-9-16)28-22-21(27)24(32)30(25(22)33)20-5-3-4-17(26)14-20/h3-14,28H,2H2,1H3,(H,29,31). The molecule has 0 aromatic heterocycles. The summed E-state index contributed by atoms with van der Waals surface area (Å²) < 4.78 is 0. The number of nitrogens with zero attached hydrogens (tertiary/aromatic N) is 1. The third-order valence-corrected chi connectivity index (χ3v) is 5.72. The van der Waals surface area contributed by atoms with Crippen LogP contribution in [0.15, 0.2) is 83.5 Å². The molecule has 0 fully saturated rings. The molecule has 0 saturated carbocycles. The minimum Gasteiger partial charge on any atom is -0.350 e. The van der Waals surface area contributed by atoms with Gasteiger partial charge in [-0.15, -0.1) is 0 Å². The molecule has 1 aliphatic rings. The number of hydrogen-bond donors (Lipinski definition) is 2. The van der Waals surface area contributed by atoms with E-state index in [4.69, 9.17) is 23.2 Å². The van der Waals surface area contributed by atoms with Gasteiger partial charge in [0.15, 0.2) is 0 Å². The summed E-state index contributed by atoms with van der Waals surface area (Å²) in [5, 5.41) is 5.89. The van der Waals surface area contributed by atoms with Crippen LogP contribution in [0.2, 0.25) is 5.02 Å². The van der Waals surface area contributed by atoms with Crippen molar-refractivity contribution in [1.29, 1.82) is 0 Å². The Bertz CT molecular complexity index is 1270. The number of anilines is 3. The predicted molar refractivity (Wildman–Crippen MR) is 131 cm³/mol. The summed E-state index contributed by atoms with van der Waals surface area (Å²) >= 11 is 12.1. The number of imide groups is 1. The van der Waals surface area contributed by atoms with Gasteiger partial charge in [0, 0.05) is 22.0 Å². The Labute approximate surface area is 200 Å². The number of carbonyl (C=O) groups is 3. The fourth-order valence-corrected chi connectivity index (χ4v) is 3.73. The molecule has 8 heteroatoms. The maximum Gasteiger partial charge on any atom is 0.283 e. The third-order valence-electron chi connectivity index (χ3n) is 5.13. The lowest BCUT2D eigenvalue weighted by Crippen LogP contribution is -2.32. The monoisotopic (exact) mass is 479 g/mol. The van der Waals surface area contributed by atoms with Gasteiger partial charge in [0.05, 0.1) is 5.69 Å². The number of amides is 3. The zero-order valence-corrected chi connectivity index (χ0v) is 19.1. The summed E-state index contributed by atoms with van der Waals surface area (Å²) in [5.41, 5.74) is 3.11. The molecule has 0 saturated heterocycles. The molecule has 3 aromatic carbocycles. The van der Waals surface area contributed by atoms with E-state index in [1.54, 1.807) is 42.5 Å². The Morgan fingerprint density at radius 2 is 1.55 bits per heavy atom. The second kappa shape index (κ2) is 9.48. The molecule has 1 heterocycles. The number of nitrogens with one attached hydrogen (secondary N) is 2. The van der Waals surface area contributed by atoms with Crippen molar-refractivity contribution in [3.8, 4) is 0 Å². The lowest BCUT2D eigenvalue weighted by Gasteiger charge is -2.15. The van der Waals surface area contributed by atoms with Crippen molar-refractivity contribution in [2.24, 2.45) is 0 Å². The zero-order valence-electron chi connectivity index (χ0n) is 17.6. The molecule has 0 radical (unpaired) electrons. The van der Waals surface area contributed by atoms with Crippen LogP contribution in [0.3, 0.4) is 0 Å². The number of hydrogen-bond acceptors (Lipinski definition) is 4. The minimum absolute atomic E-state index is 0.0464. The number of aryl methyl sites for hydroxylation is 1. The Balaban J connectivity index is 1.46. The average Bonchev–Trinajstić information content (AvgIpc) is 3.03. The number of carbonyl (C=O) groups excluding carboxylic acids is 3. The van der Waals surface area contributed by atoms with Crippen LogP contribution in [0, 0.1) is 0 Å². The molecule has 1 aliphatic heterocycles. The second-order valence-corrected chi connectivity index (χ2v) is 8.14. The Kier molecular flexibility index (Phi) is 6.49. The van der Waals surface area contributed by atoms with Crippen LogP contribution in [0.25, 0.3) is 0 Å². The summed E-state index contributed by atoms with van der Waals surface area (Å²) in [4.78, 5) is 38.9.